The van der Waals surface area contributed by atoms with Crippen LogP contribution in [-0.2, 0) is 6.54 Å². The number of carbonyl (C=O) groups excluding carboxylic acids is 2. The van der Waals surface area contributed by atoms with Gasteiger partial charge in [0.05, 0.1) is 19.8 Å². The molecule has 0 aromatic heterocycles. The smallest absolute Gasteiger partial charge is 0.258 e. The van der Waals surface area contributed by atoms with Crippen molar-refractivity contribution >= 4 is 11.8 Å². The van der Waals surface area contributed by atoms with Gasteiger partial charge in [-0.15, -0.1) is 0 Å². The molecule has 2 aliphatic rings. The van der Waals surface area contributed by atoms with Crippen LogP contribution in [0.5, 0.6) is 11.5 Å². The monoisotopic (exact) mass is 394 g/mol. The molecule has 152 valence electrons. The molecule has 0 heterocycles. The molecular formula is C23H26N2O4. The first-order chi connectivity index (χ1) is 14.1. The summed E-state index contributed by atoms with van der Waals surface area (Å²) in [7, 11) is 3.14. The van der Waals surface area contributed by atoms with Gasteiger partial charge in [0.2, 0.25) is 0 Å². The van der Waals surface area contributed by atoms with Crippen molar-refractivity contribution in [3.63, 3.8) is 0 Å². The number of carbonyl (C=O) groups is 2. The average Bonchev–Trinajstić information content (AvgIpc) is 3.66. The van der Waals surface area contributed by atoms with E-state index < -0.39 is 0 Å². The van der Waals surface area contributed by atoms with Crippen LogP contribution in [-0.4, -0.2) is 43.0 Å². The number of rotatable bonds is 8. The van der Waals surface area contributed by atoms with Crippen LogP contribution in [0.15, 0.2) is 42.5 Å². The Morgan fingerprint density at radius 1 is 1.00 bits per heavy atom. The molecule has 0 aliphatic heterocycles. The van der Waals surface area contributed by atoms with Crippen molar-refractivity contribution in [1.82, 2.24) is 10.2 Å². The minimum absolute atomic E-state index is 0.0304. The van der Waals surface area contributed by atoms with Crippen LogP contribution in [0.1, 0.15) is 52.0 Å². The van der Waals surface area contributed by atoms with Crippen molar-refractivity contribution in [3.8, 4) is 11.5 Å². The van der Waals surface area contributed by atoms with Crippen LogP contribution in [0.2, 0.25) is 0 Å². The molecule has 6 heteroatoms. The quantitative estimate of drug-likeness (QED) is 0.745. The molecule has 2 saturated carbocycles. The van der Waals surface area contributed by atoms with Crippen molar-refractivity contribution in [3.05, 3.63) is 59.2 Å². The number of hydrogen-bond acceptors (Lipinski definition) is 4. The third-order valence-corrected chi connectivity index (χ3v) is 5.37. The molecule has 0 radical (unpaired) electrons. The van der Waals surface area contributed by atoms with E-state index in [9.17, 15) is 9.59 Å². The molecule has 2 aliphatic carbocycles. The number of hydrogen-bond donors (Lipinski definition) is 1. The minimum Gasteiger partial charge on any atom is -0.497 e. The molecule has 0 atom stereocenters. The SMILES string of the molecule is COc1ccc(C(=O)N(Cc2ccc(C(=O)NC3CC3)cc2)C2CC2)c(OC)c1. The van der Waals surface area contributed by atoms with Crippen molar-refractivity contribution < 1.29 is 19.1 Å². The molecule has 6 nitrogen and oxygen atoms in total. The van der Waals surface area contributed by atoms with Crippen molar-refractivity contribution in [2.75, 3.05) is 14.2 Å². The molecule has 29 heavy (non-hydrogen) atoms. The van der Waals surface area contributed by atoms with Crippen molar-refractivity contribution in [2.24, 2.45) is 0 Å². The van der Waals surface area contributed by atoms with Gasteiger partial charge in [0.1, 0.15) is 11.5 Å². The zero-order valence-corrected chi connectivity index (χ0v) is 16.8. The Bertz CT molecular complexity index is 902. The first-order valence-electron chi connectivity index (χ1n) is 10.0. The van der Waals surface area contributed by atoms with Crippen LogP contribution in [0.4, 0.5) is 0 Å². The number of benzene rings is 2. The Kier molecular flexibility index (Phi) is 5.43. The predicted molar refractivity (Wildman–Crippen MR) is 109 cm³/mol. The molecule has 0 spiro atoms. The van der Waals surface area contributed by atoms with Crippen molar-refractivity contribution in [2.45, 2.75) is 44.3 Å². The van der Waals surface area contributed by atoms with Crippen LogP contribution in [0, 0.1) is 0 Å². The van der Waals surface area contributed by atoms with Gasteiger partial charge in [-0.25, -0.2) is 0 Å². The van der Waals surface area contributed by atoms with Gasteiger partial charge in [-0.1, -0.05) is 12.1 Å². The number of ether oxygens (including phenoxy) is 2. The van der Waals surface area contributed by atoms with E-state index in [4.69, 9.17) is 9.47 Å². The minimum atomic E-state index is -0.0532. The van der Waals surface area contributed by atoms with E-state index in [2.05, 4.69) is 5.32 Å². The first-order valence-corrected chi connectivity index (χ1v) is 10.0. The summed E-state index contributed by atoms with van der Waals surface area (Å²) in [6, 6.07) is 13.3. The lowest BCUT2D eigenvalue weighted by Gasteiger charge is -2.24. The van der Waals surface area contributed by atoms with E-state index in [0.29, 0.717) is 35.2 Å². The fourth-order valence-corrected chi connectivity index (χ4v) is 3.34. The van der Waals surface area contributed by atoms with Gasteiger partial charge >= 0.3 is 0 Å². The maximum Gasteiger partial charge on any atom is 0.258 e. The predicted octanol–water partition coefficient (Wildman–Crippen LogP) is 3.40. The second-order valence-electron chi connectivity index (χ2n) is 7.68. The van der Waals surface area contributed by atoms with Crippen LogP contribution in [0.25, 0.3) is 0 Å². The van der Waals surface area contributed by atoms with Gasteiger partial charge in [0.15, 0.2) is 0 Å². The Labute approximate surface area is 170 Å². The summed E-state index contributed by atoms with van der Waals surface area (Å²) in [4.78, 5) is 27.3. The van der Waals surface area contributed by atoms with E-state index in [1.807, 2.05) is 29.2 Å². The summed E-state index contributed by atoms with van der Waals surface area (Å²) >= 11 is 0. The molecular weight excluding hydrogens is 368 g/mol. The normalized spacial score (nSPS) is 15.5. The largest absolute Gasteiger partial charge is 0.497 e. The lowest BCUT2D eigenvalue weighted by Crippen LogP contribution is -2.33. The summed E-state index contributed by atoms with van der Waals surface area (Å²) in [6.45, 7) is 0.503. The Morgan fingerprint density at radius 2 is 1.72 bits per heavy atom. The summed E-state index contributed by atoms with van der Waals surface area (Å²) in [6.07, 6.45) is 4.15. The summed E-state index contributed by atoms with van der Waals surface area (Å²) in [5.41, 5.74) is 2.18. The van der Waals surface area contributed by atoms with E-state index in [1.165, 1.54) is 0 Å². The van der Waals surface area contributed by atoms with Gasteiger partial charge in [-0.3, -0.25) is 9.59 Å². The highest BCUT2D eigenvalue weighted by Gasteiger charge is 2.34. The molecule has 2 amide bonds. The second-order valence-corrected chi connectivity index (χ2v) is 7.68. The summed E-state index contributed by atoms with van der Waals surface area (Å²) < 4.78 is 10.6. The first kappa shape index (κ1) is 19.3. The fraction of sp³-hybridized carbons (Fsp3) is 0.391. The lowest BCUT2D eigenvalue weighted by molar-refractivity contribution is 0.0726. The Balaban J connectivity index is 1.49. The van der Waals surface area contributed by atoms with Crippen LogP contribution < -0.4 is 14.8 Å². The standard InChI is InChI=1S/C23H26N2O4/c1-28-19-11-12-20(21(13-19)29-2)23(27)25(18-9-10-18)14-15-3-5-16(6-4-15)22(26)24-17-7-8-17/h3-6,11-13,17-18H,7-10,14H2,1-2H3,(H,24,26). The third-order valence-electron chi connectivity index (χ3n) is 5.37. The zero-order valence-electron chi connectivity index (χ0n) is 16.8. The van der Waals surface area contributed by atoms with Gasteiger partial charge in [0.25, 0.3) is 11.8 Å². The number of nitrogens with zero attached hydrogens (tertiary/aromatic N) is 1. The number of amides is 2. The van der Waals surface area contributed by atoms with Gasteiger partial charge in [0, 0.05) is 30.3 Å². The molecule has 1 N–H and O–H groups in total. The van der Waals surface area contributed by atoms with Crippen LogP contribution in [0.3, 0.4) is 0 Å². The summed E-state index contributed by atoms with van der Waals surface area (Å²) in [5.74, 6) is 1.07. The van der Waals surface area contributed by atoms with Crippen LogP contribution >= 0.6 is 0 Å². The van der Waals surface area contributed by atoms with E-state index in [1.54, 1.807) is 32.4 Å². The lowest BCUT2D eigenvalue weighted by atomic mass is 10.1. The van der Waals surface area contributed by atoms with E-state index in [0.717, 1.165) is 31.2 Å². The molecule has 0 saturated heterocycles. The highest BCUT2D eigenvalue weighted by molar-refractivity contribution is 5.97. The van der Waals surface area contributed by atoms with Gasteiger partial charge < -0.3 is 19.7 Å². The fourth-order valence-electron chi connectivity index (χ4n) is 3.34. The van der Waals surface area contributed by atoms with E-state index >= 15 is 0 Å². The van der Waals surface area contributed by atoms with Gasteiger partial charge in [-0.2, -0.15) is 0 Å². The maximum absolute atomic E-state index is 13.3. The maximum atomic E-state index is 13.3. The topological polar surface area (TPSA) is 67.9 Å². The van der Waals surface area contributed by atoms with Gasteiger partial charge in [-0.05, 0) is 55.5 Å². The zero-order chi connectivity index (χ0) is 20.4. The molecule has 2 aromatic carbocycles. The molecule has 0 unspecified atom stereocenters. The summed E-state index contributed by atoms with van der Waals surface area (Å²) in [5, 5.41) is 2.99. The Hall–Kier alpha value is -3.02. The third kappa shape index (κ3) is 4.53. The molecule has 4 rings (SSSR count). The second kappa shape index (κ2) is 8.15. The Morgan fingerprint density at radius 3 is 2.31 bits per heavy atom. The molecule has 2 aromatic rings. The molecule has 2 fully saturated rings. The number of methoxy groups -OCH3 is 2. The highest BCUT2D eigenvalue weighted by atomic mass is 16.5. The molecule has 0 bridgehead atoms. The van der Waals surface area contributed by atoms with Crippen molar-refractivity contribution in [1.29, 1.82) is 0 Å². The van der Waals surface area contributed by atoms with E-state index in [-0.39, 0.29) is 17.9 Å². The number of nitrogens with one attached hydrogen (secondary N) is 1. The average molecular weight is 394 g/mol. The highest BCUT2D eigenvalue weighted by Crippen LogP contribution is 2.33.